The third-order valence-electron chi connectivity index (χ3n) is 8.56. The molecule has 218 valence electrons. The maximum atomic E-state index is 5.50. The highest BCUT2D eigenvalue weighted by Crippen LogP contribution is 2.35. The number of nitrogens with zero attached hydrogens (tertiary/aromatic N) is 1. The minimum absolute atomic E-state index is 0.396. The molecule has 0 aliphatic heterocycles. The van der Waals surface area contributed by atoms with E-state index in [4.69, 9.17) is 4.98 Å². The summed E-state index contributed by atoms with van der Waals surface area (Å²) in [4.78, 5) is 5.50. The van der Waals surface area contributed by atoms with Crippen LogP contribution in [0.2, 0.25) is 0 Å². The van der Waals surface area contributed by atoms with Crippen LogP contribution in [0.4, 0.5) is 0 Å². The van der Waals surface area contributed by atoms with Gasteiger partial charge in [0.05, 0.1) is 5.69 Å². The largest absolute Gasteiger partial charge is 0.252 e. The van der Waals surface area contributed by atoms with Gasteiger partial charge in [-0.25, -0.2) is 0 Å². The summed E-state index contributed by atoms with van der Waals surface area (Å²) in [5.74, 6) is 0.396. The van der Waals surface area contributed by atoms with Gasteiger partial charge in [-0.15, -0.1) is 0 Å². The Balaban J connectivity index is 1.47. The molecule has 0 saturated carbocycles. The molecule has 4 aromatic carbocycles. The van der Waals surface area contributed by atoms with E-state index in [0.717, 1.165) is 61.8 Å². The fourth-order valence-corrected chi connectivity index (χ4v) is 6.09. The van der Waals surface area contributed by atoms with Crippen molar-refractivity contribution in [1.29, 1.82) is 0 Å². The third kappa shape index (κ3) is 8.42. The number of hydrogen-bond donors (Lipinski definition) is 0. The van der Waals surface area contributed by atoms with Gasteiger partial charge in [-0.1, -0.05) is 134 Å². The maximum absolute atomic E-state index is 5.50. The molecule has 0 N–H and O–H groups in total. The molecule has 43 heavy (non-hydrogen) atoms. The van der Waals surface area contributed by atoms with E-state index in [1.165, 1.54) is 44.6 Å². The molecule has 5 aromatic rings. The van der Waals surface area contributed by atoms with Crippen molar-refractivity contribution in [2.45, 2.75) is 71.6 Å². The highest BCUT2D eigenvalue weighted by atomic mass is 14.7. The van der Waals surface area contributed by atoms with Crippen molar-refractivity contribution in [2.75, 3.05) is 0 Å². The Morgan fingerprint density at radius 1 is 0.651 bits per heavy atom. The first-order valence-electron chi connectivity index (χ1n) is 15.9. The quantitative estimate of drug-likeness (QED) is 0.139. The second-order valence-corrected chi connectivity index (χ2v) is 12.1. The summed E-state index contributed by atoms with van der Waals surface area (Å²) in [6.45, 7) is 11.4. The number of allylic oxidation sites excluding steroid dienone is 1. The molecular weight excluding hydrogens is 518 g/mol. The Labute approximate surface area is 259 Å². The minimum Gasteiger partial charge on any atom is -0.252 e. The molecule has 0 radical (unpaired) electrons. The maximum Gasteiger partial charge on any atom is 0.0780 e. The molecule has 0 aliphatic carbocycles. The number of aryl methyl sites for hydroxylation is 6. The van der Waals surface area contributed by atoms with Crippen LogP contribution in [0, 0.1) is 13.8 Å². The van der Waals surface area contributed by atoms with Crippen LogP contribution in [0.1, 0.15) is 76.7 Å². The molecule has 1 unspecified atom stereocenters. The minimum atomic E-state index is 0.396. The van der Waals surface area contributed by atoms with Crippen molar-refractivity contribution in [1.82, 2.24) is 4.98 Å². The number of aromatic nitrogens is 1. The highest BCUT2D eigenvalue weighted by molar-refractivity contribution is 5.79. The second-order valence-electron chi connectivity index (χ2n) is 12.1. The van der Waals surface area contributed by atoms with Gasteiger partial charge in [-0.05, 0) is 98.6 Å². The summed E-state index contributed by atoms with van der Waals surface area (Å²) in [7, 11) is 0. The van der Waals surface area contributed by atoms with E-state index in [2.05, 4.69) is 143 Å². The van der Waals surface area contributed by atoms with Crippen LogP contribution in [-0.4, -0.2) is 4.98 Å². The number of hydrogen-bond acceptors (Lipinski definition) is 1. The van der Waals surface area contributed by atoms with Crippen LogP contribution < -0.4 is 0 Å². The van der Waals surface area contributed by atoms with Gasteiger partial charge in [0.2, 0.25) is 0 Å². The van der Waals surface area contributed by atoms with Crippen molar-refractivity contribution >= 4 is 5.57 Å². The van der Waals surface area contributed by atoms with E-state index < -0.39 is 0 Å². The summed E-state index contributed by atoms with van der Waals surface area (Å²) < 4.78 is 0. The lowest BCUT2D eigenvalue weighted by Crippen LogP contribution is -2.08. The van der Waals surface area contributed by atoms with Crippen molar-refractivity contribution in [3.8, 4) is 11.3 Å². The van der Waals surface area contributed by atoms with Crippen LogP contribution in [0.5, 0.6) is 0 Å². The first-order valence-corrected chi connectivity index (χ1v) is 15.9. The van der Waals surface area contributed by atoms with Crippen LogP contribution in [-0.2, 0) is 25.7 Å². The van der Waals surface area contributed by atoms with Gasteiger partial charge in [0.1, 0.15) is 0 Å². The summed E-state index contributed by atoms with van der Waals surface area (Å²) in [6, 6.07) is 41.7. The van der Waals surface area contributed by atoms with Crippen LogP contribution in [0.3, 0.4) is 0 Å². The van der Waals surface area contributed by atoms with Crippen LogP contribution >= 0.6 is 0 Å². The molecule has 1 heterocycles. The smallest absolute Gasteiger partial charge is 0.0780 e. The molecule has 0 spiro atoms. The fraction of sp³-hybridized carbons (Fsp3) is 0.262. The average molecular weight is 564 g/mol. The van der Waals surface area contributed by atoms with Gasteiger partial charge >= 0.3 is 0 Å². The fourth-order valence-electron chi connectivity index (χ4n) is 6.09. The predicted octanol–water partition coefficient (Wildman–Crippen LogP) is 10.9. The summed E-state index contributed by atoms with van der Waals surface area (Å²) >= 11 is 0. The average Bonchev–Trinajstić information content (AvgIpc) is 3.03. The molecule has 1 aromatic heterocycles. The van der Waals surface area contributed by atoms with Gasteiger partial charge in [0.25, 0.3) is 0 Å². The topological polar surface area (TPSA) is 12.9 Å². The van der Waals surface area contributed by atoms with Gasteiger partial charge in [-0.3, -0.25) is 4.98 Å². The Bertz CT molecular complexity index is 1630. The van der Waals surface area contributed by atoms with Crippen molar-refractivity contribution in [3.05, 3.63) is 166 Å². The van der Waals surface area contributed by atoms with Crippen molar-refractivity contribution in [2.24, 2.45) is 0 Å². The van der Waals surface area contributed by atoms with E-state index >= 15 is 0 Å². The zero-order valence-electron chi connectivity index (χ0n) is 26.2. The summed E-state index contributed by atoms with van der Waals surface area (Å²) in [6.07, 6.45) is 7.16. The van der Waals surface area contributed by atoms with E-state index in [1.54, 1.807) is 0 Å². The third-order valence-corrected chi connectivity index (χ3v) is 8.56. The van der Waals surface area contributed by atoms with Crippen LogP contribution in [0.15, 0.2) is 122 Å². The molecular formula is C42H45N. The van der Waals surface area contributed by atoms with Gasteiger partial charge < -0.3 is 0 Å². The SMILES string of the molecule is C=C(CCc1ccccc1)c1cc(C(C)CCc2cccc(C)c2)c(CCCc2cccc(C)c2)nc1-c1ccccc1. The molecule has 1 heteroatoms. The molecule has 1 atom stereocenters. The lowest BCUT2D eigenvalue weighted by atomic mass is 9.86. The number of pyridine rings is 1. The first kappa shape index (κ1) is 30.2. The van der Waals surface area contributed by atoms with E-state index in [-0.39, 0.29) is 0 Å². The zero-order valence-corrected chi connectivity index (χ0v) is 26.2. The molecule has 0 amide bonds. The lowest BCUT2D eigenvalue weighted by molar-refractivity contribution is 0.659. The predicted molar refractivity (Wildman–Crippen MR) is 185 cm³/mol. The molecule has 0 aliphatic rings. The molecule has 1 nitrogen and oxygen atoms in total. The van der Waals surface area contributed by atoms with E-state index in [9.17, 15) is 0 Å². The number of benzene rings is 4. The standard InChI is InChI=1S/C42H45N/c1-31-14-11-18-36(28-31)20-13-23-41-39(33(3)25-27-37-19-12-15-32(2)29-37)30-40(42(43-41)38-21-9-6-10-22-38)34(4)24-26-35-16-7-5-8-17-35/h5-12,14-19,21-22,28-30,33H,4,13,20,23-27H2,1-3H3. The summed E-state index contributed by atoms with van der Waals surface area (Å²) in [5.41, 5.74) is 14.0. The first-order chi connectivity index (χ1) is 21.0. The van der Waals surface area contributed by atoms with Gasteiger partial charge in [0.15, 0.2) is 0 Å². The molecule has 5 rings (SSSR count). The van der Waals surface area contributed by atoms with Gasteiger partial charge in [0, 0.05) is 16.8 Å². The lowest BCUT2D eigenvalue weighted by Gasteiger charge is -2.21. The van der Waals surface area contributed by atoms with Crippen LogP contribution in [0.25, 0.3) is 16.8 Å². The Hall–Kier alpha value is -4.23. The van der Waals surface area contributed by atoms with Crippen molar-refractivity contribution < 1.29 is 0 Å². The van der Waals surface area contributed by atoms with E-state index in [1.807, 2.05) is 0 Å². The monoisotopic (exact) mass is 563 g/mol. The summed E-state index contributed by atoms with van der Waals surface area (Å²) in [5, 5.41) is 0. The normalized spacial score (nSPS) is 11.8. The molecule has 0 fully saturated rings. The second kappa shape index (κ2) is 14.8. The molecule has 0 saturated heterocycles. The Morgan fingerprint density at radius 2 is 1.26 bits per heavy atom. The Kier molecular flexibility index (Phi) is 10.4. The zero-order chi connectivity index (χ0) is 30.0. The highest BCUT2D eigenvalue weighted by Gasteiger charge is 2.19. The number of rotatable bonds is 13. The van der Waals surface area contributed by atoms with E-state index in [0.29, 0.717) is 5.92 Å². The van der Waals surface area contributed by atoms with Crippen molar-refractivity contribution in [3.63, 3.8) is 0 Å². The molecule has 0 bridgehead atoms. The Morgan fingerprint density at radius 3 is 1.91 bits per heavy atom. The van der Waals surface area contributed by atoms with Gasteiger partial charge in [-0.2, -0.15) is 0 Å².